The van der Waals surface area contributed by atoms with E-state index in [1.54, 1.807) is 50.6 Å². The number of rotatable bonds is 5. The van der Waals surface area contributed by atoms with E-state index in [2.05, 4.69) is 15.2 Å². The summed E-state index contributed by atoms with van der Waals surface area (Å²) in [6.07, 6.45) is 5.46. The lowest BCUT2D eigenvalue weighted by atomic mass is 10.2. The molecule has 7 nitrogen and oxygen atoms in total. The zero-order valence-electron chi connectivity index (χ0n) is 15.3. The van der Waals surface area contributed by atoms with Gasteiger partial charge in [-0.25, -0.2) is 4.52 Å². The first-order chi connectivity index (χ1) is 14.2. The van der Waals surface area contributed by atoms with Crippen LogP contribution in [0.5, 0.6) is 0 Å². The van der Waals surface area contributed by atoms with Crippen molar-refractivity contribution in [3.8, 4) is 22.0 Å². The molecule has 0 amide bonds. The maximum atomic E-state index is 12.9. The van der Waals surface area contributed by atoms with E-state index in [4.69, 9.17) is 4.52 Å². The smallest absolute Gasteiger partial charge is 0.277 e. The molecule has 9 heteroatoms. The molecular weight excluding hydrogens is 406 g/mol. The lowest BCUT2D eigenvalue weighted by Gasteiger charge is -2.02. The maximum Gasteiger partial charge on any atom is 0.277 e. The summed E-state index contributed by atoms with van der Waals surface area (Å²) in [5.41, 5.74) is 2.00. The van der Waals surface area contributed by atoms with E-state index in [-0.39, 0.29) is 12.1 Å². The standard InChI is InChI=1S/C20H15N5O2S2/c1-28-14-6-4-13(5-7-14)19-21-18(27-23-19)12-24-8-9-25-16(20(24)26)11-15(22-25)17-3-2-10-29-17/h2-11H,12H2,1H3. The fourth-order valence-electron chi connectivity index (χ4n) is 3.02. The van der Waals surface area contributed by atoms with Gasteiger partial charge in [-0.2, -0.15) is 10.1 Å². The van der Waals surface area contributed by atoms with Gasteiger partial charge in [0, 0.05) is 22.9 Å². The summed E-state index contributed by atoms with van der Waals surface area (Å²) in [6.45, 7) is 0.199. The number of benzene rings is 1. The summed E-state index contributed by atoms with van der Waals surface area (Å²) < 4.78 is 8.51. The summed E-state index contributed by atoms with van der Waals surface area (Å²) in [5, 5.41) is 10.5. The van der Waals surface area contributed by atoms with Crippen LogP contribution in [0.2, 0.25) is 0 Å². The Morgan fingerprint density at radius 3 is 2.79 bits per heavy atom. The molecule has 0 spiro atoms. The van der Waals surface area contributed by atoms with Gasteiger partial charge in [-0.3, -0.25) is 4.79 Å². The van der Waals surface area contributed by atoms with E-state index in [0.717, 1.165) is 16.1 Å². The van der Waals surface area contributed by atoms with Crippen LogP contribution in [0.4, 0.5) is 0 Å². The van der Waals surface area contributed by atoms with Gasteiger partial charge in [0.1, 0.15) is 17.8 Å². The van der Waals surface area contributed by atoms with Gasteiger partial charge in [-0.05, 0) is 48.0 Å². The van der Waals surface area contributed by atoms with Crippen LogP contribution in [0.15, 0.2) is 74.5 Å². The molecule has 0 bridgehead atoms. The minimum absolute atomic E-state index is 0.160. The Morgan fingerprint density at radius 2 is 2.03 bits per heavy atom. The Morgan fingerprint density at radius 1 is 1.17 bits per heavy atom. The molecule has 1 aromatic carbocycles. The van der Waals surface area contributed by atoms with Crippen molar-refractivity contribution in [1.29, 1.82) is 0 Å². The summed E-state index contributed by atoms with van der Waals surface area (Å²) >= 11 is 3.26. The second kappa shape index (κ2) is 7.34. The molecule has 0 N–H and O–H groups in total. The van der Waals surface area contributed by atoms with Crippen LogP contribution < -0.4 is 5.56 Å². The third kappa shape index (κ3) is 3.39. The van der Waals surface area contributed by atoms with Crippen molar-refractivity contribution < 1.29 is 4.52 Å². The van der Waals surface area contributed by atoms with Crippen LogP contribution in [0.3, 0.4) is 0 Å². The van der Waals surface area contributed by atoms with Crippen molar-refractivity contribution in [1.82, 2.24) is 24.3 Å². The first-order valence-corrected chi connectivity index (χ1v) is 10.9. The number of fused-ring (bicyclic) bond motifs is 1. The summed E-state index contributed by atoms with van der Waals surface area (Å²) in [4.78, 5) is 19.5. The number of thiophene rings is 1. The molecule has 0 aliphatic carbocycles. The normalized spacial score (nSPS) is 11.3. The summed E-state index contributed by atoms with van der Waals surface area (Å²) in [5.74, 6) is 0.879. The van der Waals surface area contributed by atoms with Crippen LogP contribution in [-0.4, -0.2) is 30.6 Å². The number of hydrogen-bond donors (Lipinski definition) is 0. The lowest BCUT2D eigenvalue weighted by molar-refractivity contribution is 0.370. The number of hydrogen-bond acceptors (Lipinski definition) is 7. The molecule has 4 heterocycles. The largest absolute Gasteiger partial charge is 0.337 e. The van der Waals surface area contributed by atoms with Gasteiger partial charge in [-0.15, -0.1) is 23.1 Å². The number of aromatic nitrogens is 5. The Hall–Kier alpha value is -3.17. The predicted molar refractivity (Wildman–Crippen MR) is 113 cm³/mol. The van der Waals surface area contributed by atoms with Crippen molar-refractivity contribution >= 4 is 28.6 Å². The molecule has 0 saturated heterocycles. The van der Waals surface area contributed by atoms with Gasteiger partial charge >= 0.3 is 0 Å². The Labute approximate surface area is 173 Å². The zero-order valence-corrected chi connectivity index (χ0v) is 17.0. The number of nitrogens with zero attached hydrogens (tertiary/aromatic N) is 5. The van der Waals surface area contributed by atoms with Gasteiger partial charge < -0.3 is 9.09 Å². The second-order valence-electron chi connectivity index (χ2n) is 6.31. The van der Waals surface area contributed by atoms with Gasteiger partial charge in [0.15, 0.2) is 0 Å². The molecule has 0 aliphatic heterocycles. The molecule has 0 unspecified atom stereocenters. The van der Waals surface area contributed by atoms with E-state index < -0.39 is 0 Å². The fraction of sp³-hybridized carbons (Fsp3) is 0.100. The SMILES string of the molecule is CSc1ccc(-c2noc(Cn3ccn4nc(-c5cccs5)cc4c3=O)n2)cc1. The molecule has 0 saturated carbocycles. The van der Waals surface area contributed by atoms with Gasteiger partial charge in [0.05, 0.1) is 4.88 Å². The van der Waals surface area contributed by atoms with Crippen LogP contribution in [0.25, 0.3) is 27.5 Å². The molecule has 0 radical (unpaired) electrons. The Bertz CT molecular complexity index is 1330. The Kier molecular flexibility index (Phi) is 4.53. The van der Waals surface area contributed by atoms with Gasteiger partial charge in [-0.1, -0.05) is 11.2 Å². The average Bonchev–Trinajstić information content (AvgIpc) is 3.50. The van der Waals surface area contributed by atoms with Crippen molar-refractivity contribution in [2.45, 2.75) is 11.4 Å². The topological polar surface area (TPSA) is 78.2 Å². The van der Waals surface area contributed by atoms with Crippen LogP contribution >= 0.6 is 23.1 Å². The van der Waals surface area contributed by atoms with Gasteiger partial charge in [0.2, 0.25) is 11.7 Å². The molecule has 0 fully saturated rings. The van der Waals surface area contributed by atoms with E-state index in [1.807, 2.05) is 48.0 Å². The van der Waals surface area contributed by atoms with Crippen LogP contribution in [-0.2, 0) is 6.54 Å². The van der Waals surface area contributed by atoms with Crippen LogP contribution in [0.1, 0.15) is 5.89 Å². The van der Waals surface area contributed by atoms with E-state index >= 15 is 0 Å². The van der Waals surface area contributed by atoms with Crippen molar-refractivity contribution in [3.63, 3.8) is 0 Å². The average molecular weight is 422 g/mol. The molecule has 29 heavy (non-hydrogen) atoms. The third-order valence-electron chi connectivity index (χ3n) is 4.50. The van der Waals surface area contributed by atoms with E-state index in [9.17, 15) is 4.79 Å². The molecule has 0 atom stereocenters. The van der Waals surface area contributed by atoms with E-state index in [0.29, 0.717) is 17.2 Å². The van der Waals surface area contributed by atoms with Crippen molar-refractivity contribution in [2.75, 3.05) is 6.26 Å². The highest BCUT2D eigenvalue weighted by atomic mass is 32.2. The number of thioether (sulfide) groups is 1. The van der Waals surface area contributed by atoms with Crippen molar-refractivity contribution in [2.24, 2.45) is 0 Å². The highest BCUT2D eigenvalue weighted by Crippen LogP contribution is 2.24. The molecule has 5 rings (SSSR count). The first kappa shape index (κ1) is 17.9. The zero-order chi connectivity index (χ0) is 19.8. The molecular formula is C20H15N5O2S2. The first-order valence-electron chi connectivity index (χ1n) is 8.81. The predicted octanol–water partition coefficient (Wildman–Crippen LogP) is 4.04. The molecule has 144 valence electrons. The highest BCUT2D eigenvalue weighted by molar-refractivity contribution is 7.98. The summed E-state index contributed by atoms with van der Waals surface area (Å²) in [6, 6.07) is 13.7. The van der Waals surface area contributed by atoms with Crippen molar-refractivity contribution in [3.05, 3.63) is 76.5 Å². The third-order valence-corrected chi connectivity index (χ3v) is 6.14. The highest BCUT2D eigenvalue weighted by Gasteiger charge is 2.13. The quantitative estimate of drug-likeness (QED) is 0.399. The molecule has 0 aliphatic rings. The Balaban J connectivity index is 1.43. The van der Waals surface area contributed by atoms with Crippen LogP contribution in [0, 0.1) is 0 Å². The monoisotopic (exact) mass is 421 g/mol. The minimum Gasteiger partial charge on any atom is -0.337 e. The minimum atomic E-state index is -0.160. The lowest BCUT2D eigenvalue weighted by Crippen LogP contribution is -2.21. The summed E-state index contributed by atoms with van der Waals surface area (Å²) in [7, 11) is 0. The van der Waals surface area contributed by atoms with Gasteiger partial charge in [0.25, 0.3) is 5.56 Å². The maximum absolute atomic E-state index is 12.9. The molecule has 5 aromatic rings. The second-order valence-corrected chi connectivity index (χ2v) is 8.14. The molecule has 4 aromatic heterocycles. The fourth-order valence-corrected chi connectivity index (χ4v) is 4.11. The van der Waals surface area contributed by atoms with E-state index in [1.165, 1.54) is 4.90 Å².